The lowest BCUT2D eigenvalue weighted by atomic mass is 10.1. The number of thiophene rings is 1. The fourth-order valence-electron chi connectivity index (χ4n) is 2.81. The van der Waals surface area contributed by atoms with Gasteiger partial charge >= 0.3 is 0 Å². The Morgan fingerprint density at radius 2 is 2.05 bits per heavy atom. The second-order valence-electron chi connectivity index (χ2n) is 5.25. The number of benzene rings is 2. The van der Waals surface area contributed by atoms with Crippen LogP contribution in [0.5, 0.6) is 0 Å². The molecule has 0 fully saturated rings. The molecule has 2 nitrogen and oxygen atoms in total. The topological polar surface area (TPSA) is 29.3 Å². The molecule has 2 N–H and O–H groups in total. The fourth-order valence-corrected chi connectivity index (χ4v) is 4.80. The number of rotatable bonds is 2. The average Bonchev–Trinajstić information content (AvgIpc) is 2.91. The fraction of sp³-hybridized carbons (Fsp3) is 0.176. The molecule has 0 radical (unpaired) electrons. The van der Waals surface area contributed by atoms with Crippen LogP contribution in [0.1, 0.15) is 5.56 Å². The summed E-state index contributed by atoms with van der Waals surface area (Å²) in [5.74, 6) is 1.14. The Labute approximate surface area is 132 Å². The monoisotopic (exact) mass is 312 g/mol. The van der Waals surface area contributed by atoms with E-state index in [0.29, 0.717) is 0 Å². The Kier molecular flexibility index (Phi) is 3.28. The van der Waals surface area contributed by atoms with Gasteiger partial charge in [0.15, 0.2) is 0 Å². The number of fused-ring (bicyclic) bond motifs is 2. The maximum Gasteiger partial charge on any atom is 0.0528 e. The summed E-state index contributed by atoms with van der Waals surface area (Å²) in [7, 11) is 0. The van der Waals surface area contributed by atoms with Gasteiger partial charge in [-0.3, -0.25) is 0 Å². The quantitative estimate of drug-likeness (QED) is 0.701. The number of hydrogen-bond acceptors (Lipinski definition) is 4. The molecule has 1 aliphatic heterocycles. The van der Waals surface area contributed by atoms with Gasteiger partial charge in [0.05, 0.1) is 5.69 Å². The van der Waals surface area contributed by atoms with Crippen LogP contribution in [0.2, 0.25) is 0 Å². The third-order valence-electron chi connectivity index (χ3n) is 3.86. The largest absolute Gasteiger partial charge is 0.399 e. The summed E-state index contributed by atoms with van der Waals surface area (Å²) in [6.07, 6.45) is 0. The van der Waals surface area contributed by atoms with Crippen molar-refractivity contribution in [2.45, 2.75) is 11.4 Å². The van der Waals surface area contributed by atoms with Crippen LogP contribution < -0.4 is 10.6 Å². The first kappa shape index (κ1) is 13.0. The van der Waals surface area contributed by atoms with Crippen LogP contribution in [-0.4, -0.2) is 12.3 Å². The number of hydrogen-bond donors (Lipinski definition) is 1. The standard InChI is InChI=1S/C17H16N2S2/c18-13-5-6-17-15(9-13)19(7-8-20-17)10-12-11-21-16-4-2-1-3-14(12)16/h1-6,9,11H,7-8,10,18H2. The lowest BCUT2D eigenvalue weighted by Crippen LogP contribution is -2.28. The lowest BCUT2D eigenvalue weighted by molar-refractivity contribution is 0.823. The van der Waals surface area contributed by atoms with Crippen molar-refractivity contribution in [2.75, 3.05) is 22.9 Å². The molecular formula is C17H16N2S2. The van der Waals surface area contributed by atoms with Crippen molar-refractivity contribution in [3.8, 4) is 0 Å². The maximum absolute atomic E-state index is 5.97. The average molecular weight is 312 g/mol. The summed E-state index contributed by atoms with van der Waals surface area (Å²) in [5.41, 5.74) is 9.51. The molecular weight excluding hydrogens is 296 g/mol. The van der Waals surface area contributed by atoms with Gasteiger partial charge in [0, 0.05) is 34.1 Å². The summed E-state index contributed by atoms with van der Waals surface area (Å²) in [6.45, 7) is 2.03. The van der Waals surface area contributed by atoms with E-state index >= 15 is 0 Å². The van der Waals surface area contributed by atoms with E-state index in [2.05, 4.69) is 46.7 Å². The number of thioether (sulfide) groups is 1. The van der Waals surface area contributed by atoms with E-state index in [1.54, 1.807) is 0 Å². The summed E-state index contributed by atoms with van der Waals surface area (Å²) in [4.78, 5) is 3.80. The number of nitrogens with zero attached hydrogens (tertiary/aromatic N) is 1. The van der Waals surface area contributed by atoms with Gasteiger partial charge in [-0.25, -0.2) is 0 Å². The van der Waals surface area contributed by atoms with Crippen LogP contribution in [0.4, 0.5) is 11.4 Å². The van der Waals surface area contributed by atoms with Crippen molar-refractivity contribution in [1.29, 1.82) is 0 Å². The highest BCUT2D eigenvalue weighted by Gasteiger charge is 2.18. The van der Waals surface area contributed by atoms with Gasteiger partial charge in [0.25, 0.3) is 0 Å². The van der Waals surface area contributed by atoms with Gasteiger partial charge in [0.2, 0.25) is 0 Å². The van der Waals surface area contributed by atoms with Crippen LogP contribution >= 0.6 is 23.1 Å². The summed E-state index contributed by atoms with van der Waals surface area (Å²) >= 11 is 3.75. The van der Waals surface area contributed by atoms with Crippen LogP contribution in [-0.2, 0) is 6.54 Å². The minimum Gasteiger partial charge on any atom is -0.399 e. The van der Waals surface area contributed by atoms with Crippen molar-refractivity contribution in [1.82, 2.24) is 0 Å². The third kappa shape index (κ3) is 2.39. The summed E-state index contributed by atoms with van der Waals surface area (Å²) in [6, 6.07) is 14.9. The van der Waals surface area contributed by atoms with Crippen LogP contribution in [0.25, 0.3) is 10.1 Å². The van der Waals surface area contributed by atoms with Gasteiger partial charge in [0.1, 0.15) is 0 Å². The SMILES string of the molecule is Nc1ccc2c(c1)N(Cc1csc3ccccc13)CCS2. The number of anilines is 2. The van der Waals surface area contributed by atoms with Crippen molar-refractivity contribution < 1.29 is 0 Å². The molecule has 2 heterocycles. The first-order valence-electron chi connectivity index (χ1n) is 7.03. The smallest absolute Gasteiger partial charge is 0.0528 e. The van der Waals surface area contributed by atoms with Gasteiger partial charge in [-0.15, -0.1) is 23.1 Å². The van der Waals surface area contributed by atoms with Crippen molar-refractivity contribution in [3.63, 3.8) is 0 Å². The Bertz CT molecular complexity index is 794. The van der Waals surface area contributed by atoms with E-state index in [1.165, 1.54) is 26.2 Å². The molecule has 0 unspecified atom stereocenters. The Morgan fingerprint density at radius 1 is 1.14 bits per heavy atom. The summed E-state index contributed by atoms with van der Waals surface area (Å²) in [5, 5.41) is 3.67. The molecule has 1 aromatic heterocycles. The molecule has 21 heavy (non-hydrogen) atoms. The Balaban J connectivity index is 1.71. The van der Waals surface area contributed by atoms with Crippen LogP contribution in [0.15, 0.2) is 52.7 Å². The first-order valence-corrected chi connectivity index (χ1v) is 8.90. The maximum atomic E-state index is 5.97. The molecule has 0 amide bonds. The molecule has 0 saturated heterocycles. The van der Waals surface area contributed by atoms with E-state index in [0.717, 1.165) is 24.5 Å². The molecule has 4 heteroatoms. The van der Waals surface area contributed by atoms with Gasteiger partial charge < -0.3 is 10.6 Å². The summed E-state index contributed by atoms with van der Waals surface area (Å²) < 4.78 is 1.37. The Hall–Kier alpha value is -1.65. The van der Waals surface area contributed by atoms with E-state index < -0.39 is 0 Å². The zero-order valence-corrected chi connectivity index (χ0v) is 13.2. The zero-order chi connectivity index (χ0) is 14.2. The molecule has 2 aromatic carbocycles. The molecule has 3 aromatic rings. The van der Waals surface area contributed by atoms with Gasteiger partial charge in [-0.1, -0.05) is 18.2 Å². The lowest BCUT2D eigenvalue weighted by Gasteiger charge is -2.31. The molecule has 0 spiro atoms. The molecule has 0 aliphatic carbocycles. The predicted molar refractivity (Wildman–Crippen MR) is 94.5 cm³/mol. The third-order valence-corrected chi connectivity index (χ3v) is 5.92. The van der Waals surface area contributed by atoms with Crippen molar-refractivity contribution in [3.05, 3.63) is 53.4 Å². The van der Waals surface area contributed by atoms with E-state index in [4.69, 9.17) is 5.73 Å². The molecule has 4 rings (SSSR count). The minimum absolute atomic E-state index is 0.844. The van der Waals surface area contributed by atoms with Gasteiger partial charge in [-0.05, 0) is 40.6 Å². The highest BCUT2D eigenvalue weighted by Crippen LogP contribution is 2.37. The number of nitrogen functional groups attached to an aromatic ring is 1. The molecule has 1 aliphatic rings. The minimum atomic E-state index is 0.844. The molecule has 0 saturated carbocycles. The van der Waals surface area contributed by atoms with Crippen LogP contribution in [0, 0.1) is 0 Å². The highest BCUT2D eigenvalue weighted by molar-refractivity contribution is 7.99. The molecule has 0 atom stereocenters. The normalized spacial score (nSPS) is 14.4. The van der Waals surface area contributed by atoms with Crippen molar-refractivity contribution in [2.24, 2.45) is 0 Å². The van der Waals surface area contributed by atoms with E-state index in [-0.39, 0.29) is 0 Å². The second kappa shape index (κ2) is 5.28. The zero-order valence-electron chi connectivity index (χ0n) is 11.6. The first-order chi connectivity index (χ1) is 10.3. The highest BCUT2D eigenvalue weighted by atomic mass is 32.2. The van der Waals surface area contributed by atoms with E-state index in [9.17, 15) is 0 Å². The van der Waals surface area contributed by atoms with E-state index in [1.807, 2.05) is 29.2 Å². The Morgan fingerprint density at radius 3 is 3.00 bits per heavy atom. The van der Waals surface area contributed by atoms with Crippen molar-refractivity contribution >= 4 is 44.6 Å². The second-order valence-corrected chi connectivity index (χ2v) is 7.30. The number of nitrogens with two attached hydrogens (primary N) is 1. The van der Waals surface area contributed by atoms with Gasteiger partial charge in [-0.2, -0.15) is 0 Å². The molecule has 106 valence electrons. The molecule has 0 bridgehead atoms. The van der Waals surface area contributed by atoms with Crippen LogP contribution in [0.3, 0.4) is 0 Å². The predicted octanol–water partition coefficient (Wildman–Crippen LogP) is 4.60.